The molecule has 1 aliphatic carbocycles. The molecule has 0 radical (unpaired) electrons. The van der Waals surface area contributed by atoms with Gasteiger partial charge >= 0.3 is 5.97 Å². The number of hydrogen-bond donors (Lipinski definition) is 2. The molecular formula is C22H33ClN2O4. The number of carbonyl (C=O) groups excluding carboxylic acids is 1. The third kappa shape index (κ3) is 5.44. The number of fused-ring (bicyclic) bond motifs is 1. The molecule has 2 N–H and O–H groups in total. The number of halogens is 1. The van der Waals surface area contributed by atoms with Crippen LogP contribution in [0.5, 0.6) is 5.75 Å². The van der Waals surface area contributed by atoms with Gasteiger partial charge in [-0.05, 0) is 44.4 Å². The number of aromatic nitrogens is 1. The van der Waals surface area contributed by atoms with Crippen LogP contribution in [0.2, 0.25) is 0 Å². The molecule has 1 aromatic heterocycles. The van der Waals surface area contributed by atoms with E-state index in [1.165, 1.54) is 32.1 Å². The SMILES string of the molecule is CCOC(=O)c1c(C)c2c(OCC(O)CNC3CCCCC3)cccc2n1C.Cl. The van der Waals surface area contributed by atoms with Crippen molar-refractivity contribution in [2.75, 3.05) is 19.8 Å². The van der Waals surface area contributed by atoms with E-state index in [1.807, 2.05) is 36.7 Å². The van der Waals surface area contributed by atoms with Crippen molar-refractivity contribution in [2.45, 2.75) is 58.1 Å². The molecule has 7 heteroatoms. The van der Waals surface area contributed by atoms with Crippen molar-refractivity contribution in [2.24, 2.45) is 7.05 Å². The van der Waals surface area contributed by atoms with Crippen molar-refractivity contribution in [3.8, 4) is 5.75 Å². The fourth-order valence-electron chi connectivity index (χ4n) is 4.13. The zero-order valence-corrected chi connectivity index (χ0v) is 18.4. The Morgan fingerprint density at radius 2 is 2.03 bits per heavy atom. The number of aliphatic hydroxyl groups is 1. The Hall–Kier alpha value is -1.76. The molecule has 29 heavy (non-hydrogen) atoms. The summed E-state index contributed by atoms with van der Waals surface area (Å²) in [6.45, 7) is 4.78. The van der Waals surface area contributed by atoms with E-state index in [0.29, 0.717) is 30.6 Å². The number of benzene rings is 1. The van der Waals surface area contributed by atoms with Crippen LogP contribution < -0.4 is 10.1 Å². The predicted octanol–water partition coefficient (Wildman–Crippen LogP) is 3.75. The predicted molar refractivity (Wildman–Crippen MR) is 117 cm³/mol. The Labute approximate surface area is 179 Å². The standard InChI is InChI=1S/C22H32N2O4.ClH/c1-4-27-22(26)21-15(2)20-18(24(21)3)11-8-12-19(20)28-14-17(25)13-23-16-9-6-5-7-10-16;/h8,11-12,16-17,23,25H,4-7,9-10,13-14H2,1-3H3;1H. The Morgan fingerprint density at radius 3 is 2.72 bits per heavy atom. The second-order valence-electron chi connectivity index (χ2n) is 7.61. The van der Waals surface area contributed by atoms with E-state index in [1.54, 1.807) is 6.92 Å². The number of ether oxygens (including phenoxy) is 2. The summed E-state index contributed by atoms with van der Waals surface area (Å²) in [5, 5.41) is 14.7. The van der Waals surface area contributed by atoms with Crippen LogP contribution >= 0.6 is 12.4 Å². The highest BCUT2D eigenvalue weighted by molar-refractivity contribution is 6.01. The Bertz CT molecular complexity index is 815. The van der Waals surface area contributed by atoms with Gasteiger partial charge in [-0.1, -0.05) is 25.3 Å². The monoisotopic (exact) mass is 424 g/mol. The van der Waals surface area contributed by atoms with Gasteiger partial charge in [-0.3, -0.25) is 0 Å². The zero-order valence-electron chi connectivity index (χ0n) is 17.6. The quantitative estimate of drug-likeness (QED) is 0.631. The van der Waals surface area contributed by atoms with Gasteiger partial charge < -0.3 is 24.5 Å². The lowest BCUT2D eigenvalue weighted by Crippen LogP contribution is -2.38. The minimum absolute atomic E-state index is 0. The summed E-state index contributed by atoms with van der Waals surface area (Å²) in [5.74, 6) is 0.347. The lowest BCUT2D eigenvalue weighted by Gasteiger charge is -2.24. The van der Waals surface area contributed by atoms with E-state index in [0.717, 1.165) is 16.5 Å². The number of esters is 1. The number of nitrogens with one attached hydrogen (secondary N) is 1. The molecule has 1 atom stereocenters. The highest BCUT2D eigenvalue weighted by Crippen LogP contribution is 2.33. The molecule has 1 heterocycles. The lowest BCUT2D eigenvalue weighted by molar-refractivity contribution is 0.0515. The maximum absolute atomic E-state index is 12.3. The number of carbonyl (C=O) groups is 1. The maximum atomic E-state index is 12.3. The van der Waals surface area contributed by atoms with Crippen LogP contribution in [-0.4, -0.2) is 47.5 Å². The average Bonchev–Trinajstić information content (AvgIpc) is 2.96. The highest BCUT2D eigenvalue weighted by atomic mass is 35.5. The molecule has 0 spiro atoms. The summed E-state index contributed by atoms with van der Waals surface area (Å²) < 4.78 is 13.0. The third-order valence-electron chi connectivity index (χ3n) is 5.58. The number of aryl methyl sites for hydroxylation is 2. The number of nitrogens with zero attached hydrogens (tertiary/aromatic N) is 1. The minimum atomic E-state index is -0.578. The molecule has 1 unspecified atom stereocenters. The van der Waals surface area contributed by atoms with E-state index in [-0.39, 0.29) is 25.0 Å². The van der Waals surface area contributed by atoms with Crippen molar-refractivity contribution in [1.82, 2.24) is 9.88 Å². The third-order valence-corrected chi connectivity index (χ3v) is 5.58. The molecule has 2 aromatic rings. The van der Waals surface area contributed by atoms with Crippen LogP contribution in [0.15, 0.2) is 18.2 Å². The first-order chi connectivity index (χ1) is 13.5. The fraction of sp³-hybridized carbons (Fsp3) is 0.591. The number of rotatable bonds is 8. The molecule has 0 saturated heterocycles. The van der Waals surface area contributed by atoms with E-state index in [9.17, 15) is 9.90 Å². The second-order valence-corrected chi connectivity index (χ2v) is 7.61. The molecule has 6 nitrogen and oxygen atoms in total. The van der Waals surface area contributed by atoms with Crippen molar-refractivity contribution in [3.63, 3.8) is 0 Å². The van der Waals surface area contributed by atoms with Gasteiger partial charge in [-0.25, -0.2) is 4.79 Å². The number of aliphatic hydroxyl groups excluding tert-OH is 1. The first kappa shape index (κ1) is 23.5. The molecule has 3 rings (SSSR count). The smallest absolute Gasteiger partial charge is 0.355 e. The molecule has 1 aliphatic rings. The Kier molecular flexibility index (Phi) is 8.80. The zero-order chi connectivity index (χ0) is 20.1. The lowest BCUT2D eigenvalue weighted by atomic mass is 9.95. The Morgan fingerprint density at radius 1 is 1.31 bits per heavy atom. The summed E-state index contributed by atoms with van der Waals surface area (Å²) in [6.07, 6.45) is 5.65. The normalized spacial score (nSPS) is 15.7. The van der Waals surface area contributed by atoms with Gasteiger partial charge in [0.15, 0.2) is 0 Å². The summed E-state index contributed by atoms with van der Waals surface area (Å²) in [4.78, 5) is 12.3. The number of hydrogen-bond acceptors (Lipinski definition) is 5. The molecule has 0 aliphatic heterocycles. The van der Waals surface area contributed by atoms with Crippen LogP contribution in [0.1, 0.15) is 55.1 Å². The van der Waals surface area contributed by atoms with Crippen molar-refractivity contribution < 1.29 is 19.4 Å². The Balaban J connectivity index is 0.00000300. The topological polar surface area (TPSA) is 72.7 Å². The van der Waals surface area contributed by atoms with Gasteiger partial charge in [0.2, 0.25) is 0 Å². The molecule has 1 aromatic carbocycles. The van der Waals surface area contributed by atoms with Crippen LogP contribution in [0.25, 0.3) is 10.9 Å². The molecular weight excluding hydrogens is 392 g/mol. The molecule has 0 amide bonds. The summed E-state index contributed by atoms with van der Waals surface area (Å²) in [7, 11) is 1.86. The minimum Gasteiger partial charge on any atom is -0.490 e. The van der Waals surface area contributed by atoms with E-state index in [2.05, 4.69) is 5.32 Å². The van der Waals surface area contributed by atoms with Crippen LogP contribution in [0.4, 0.5) is 0 Å². The molecule has 1 fully saturated rings. The first-order valence-corrected chi connectivity index (χ1v) is 10.3. The van der Waals surface area contributed by atoms with Gasteiger partial charge in [0.1, 0.15) is 24.2 Å². The molecule has 0 bridgehead atoms. The molecule has 1 saturated carbocycles. The van der Waals surface area contributed by atoms with Gasteiger partial charge in [-0.15, -0.1) is 12.4 Å². The first-order valence-electron chi connectivity index (χ1n) is 10.3. The van der Waals surface area contributed by atoms with Gasteiger partial charge in [0.05, 0.1) is 12.1 Å². The summed E-state index contributed by atoms with van der Waals surface area (Å²) in [6, 6.07) is 6.25. The van der Waals surface area contributed by atoms with Crippen molar-refractivity contribution >= 4 is 29.3 Å². The van der Waals surface area contributed by atoms with Crippen LogP contribution in [0.3, 0.4) is 0 Å². The second kappa shape index (κ2) is 10.9. The average molecular weight is 425 g/mol. The fourth-order valence-corrected chi connectivity index (χ4v) is 4.13. The van der Waals surface area contributed by atoms with E-state index < -0.39 is 6.10 Å². The van der Waals surface area contributed by atoms with Crippen molar-refractivity contribution in [3.05, 3.63) is 29.5 Å². The summed E-state index contributed by atoms with van der Waals surface area (Å²) >= 11 is 0. The van der Waals surface area contributed by atoms with Crippen LogP contribution in [-0.2, 0) is 11.8 Å². The van der Waals surface area contributed by atoms with Crippen molar-refractivity contribution in [1.29, 1.82) is 0 Å². The van der Waals surface area contributed by atoms with Gasteiger partial charge in [0, 0.05) is 25.0 Å². The van der Waals surface area contributed by atoms with E-state index in [4.69, 9.17) is 9.47 Å². The highest BCUT2D eigenvalue weighted by Gasteiger charge is 2.22. The summed E-state index contributed by atoms with van der Waals surface area (Å²) in [5.41, 5.74) is 2.28. The van der Waals surface area contributed by atoms with Crippen LogP contribution in [0, 0.1) is 6.92 Å². The largest absolute Gasteiger partial charge is 0.490 e. The molecule has 162 valence electrons. The van der Waals surface area contributed by atoms with E-state index >= 15 is 0 Å². The maximum Gasteiger partial charge on any atom is 0.355 e. The van der Waals surface area contributed by atoms with Gasteiger partial charge in [-0.2, -0.15) is 0 Å². The van der Waals surface area contributed by atoms with Gasteiger partial charge in [0.25, 0.3) is 0 Å².